The lowest BCUT2D eigenvalue weighted by Gasteiger charge is -2.20. The standard InChI is InChI=1S/C11H14F6/c1-2-3-4-5-6-7-8-9(10(12,13)14)11(15,16)17/h9H,2-5,8H2,1H3. The first-order valence-corrected chi connectivity index (χ1v) is 5.28. The van der Waals surface area contributed by atoms with Crippen molar-refractivity contribution in [3.63, 3.8) is 0 Å². The fraction of sp³-hybridized carbons (Fsp3) is 0.818. The van der Waals surface area contributed by atoms with Gasteiger partial charge in [-0.3, -0.25) is 0 Å². The van der Waals surface area contributed by atoms with E-state index in [1.165, 1.54) is 0 Å². The SMILES string of the molecule is CCCCCC#CCC(C(F)(F)F)C(F)(F)F. The van der Waals surface area contributed by atoms with E-state index in [-0.39, 0.29) is 0 Å². The van der Waals surface area contributed by atoms with E-state index in [4.69, 9.17) is 0 Å². The summed E-state index contributed by atoms with van der Waals surface area (Å²) in [5.41, 5.74) is 0. The summed E-state index contributed by atoms with van der Waals surface area (Å²) in [6, 6.07) is 0. The number of rotatable bonds is 4. The fourth-order valence-corrected chi connectivity index (χ4v) is 1.14. The van der Waals surface area contributed by atoms with Gasteiger partial charge in [-0.25, -0.2) is 0 Å². The Bertz CT molecular complexity index is 250. The Morgan fingerprint density at radius 1 is 0.882 bits per heavy atom. The molecule has 0 aliphatic rings. The lowest BCUT2D eigenvalue weighted by molar-refractivity contribution is -0.282. The van der Waals surface area contributed by atoms with Crippen molar-refractivity contribution in [3.8, 4) is 11.8 Å². The van der Waals surface area contributed by atoms with Crippen LogP contribution in [-0.4, -0.2) is 12.4 Å². The van der Waals surface area contributed by atoms with Crippen LogP contribution in [0.4, 0.5) is 26.3 Å². The molecule has 0 saturated carbocycles. The molecule has 0 aliphatic carbocycles. The van der Waals surface area contributed by atoms with Gasteiger partial charge >= 0.3 is 12.4 Å². The normalized spacial score (nSPS) is 12.5. The van der Waals surface area contributed by atoms with Gasteiger partial charge in [0.2, 0.25) is 0 Å². The van der Waals surface area contributed by atoms with Crippen LogP contribution in [0.1, 0.15) is 39.0 Å². The van der Waals surface area contributed by atoms with Gasteiger partial charge in [0.25, 0.3) is 0 Å². The van der Waals surface area contributed by atoms with Crippen molar-refractivity contribution in [1.82, 2.24) is 0 Å². The molecule has 0 radical (unpaired) electrons. The van der Waals surface area contributed by atoms with E-state index >= 15 is 0 Å². The van der Waals surface area contributed by atoms with Crippen LogP contribution in [-0.2, 0) is 0 Å². The summed E-state index contributed by atoms with van der Waals surface area (Å²) in [5, 5.41) is 0. The summed E-state index contributed by atoms with van der Waals surface area (Å²) in [6.07, 6.45) is -8.93. The zero-order valence-electron chi connectivity index (χ0n) is 9.38. The Kier molecular flexibility index (Phi) is 6.43. The number of halogens is 6. The van der Waals surface area contributed by atoms with E-state index in [1.54, 1.807) is 0 Å². The van der Waals surface area contributed by atoms with Gasteiger partial charge in [-0.15, -0.1) is 11.8 Å². The fourth-order valence-electron chi connectivity index (χ4n) is 1.14. The van der Waals surface area contributed by atoms with Crippen LogP contribution in [0.3, 0.4) is 0 Å². The highest BCUT2D eigenvalue weighted by Gasteiger charge is 2.55. The van der Waals surface area contributed by atoms with Crippen LogP contribution in [0.2, 0.25) is 0 Å². The molecule has 0 aliphatic heterocycles. The predicted molar refractivity (Wildman–Crippen MR) is 52.1 cm³/mol. The smallest absolute Gasteiger partial charge is 0.170 e. The quantitative estimate of drug-likeness (QED) is 0.390. The van der Waals surface area contributed by atoms with Gasteiger partial charge < -0.3 is 0 Å². The number of hydrogen-bond donors (Lipinski definition) is 0. The zero-order valence-corrected chi connectivity index (χ0v) is 9.38. The third kappa shape index (κ3) is 7.14. The molecular weight excluding hydrogens is 246 g/mol. The van der Waals surface area contributed by atoms with E-state index in [9.17, 15) is 26.3 Å². The summed E-state index contributed by atoms with van der Waals surface area (Å²) in [7, 11) is 0. The van der Waals surface area contributed by atoms with Crippen LogP contribution in [0.25, 0.3) is 0 Å². The first-order valence-electron chi connectivity index (χ1n) is 5.28. The highest BCUT2D eigenvalue weighted by atomic mass is 19.4. The third-order valence-corrected chi connectivity index (χ3v) is 2.13. The molecule has 0 rings (SSSR count). The summed E-state index contributed by atoms with van der Waals surface area (Å²) >= 11 is 0. The van der Waals surface area contributed by atoms with Gasteiger partial charge in [-0.05, 0) is 6.42 Å². The molecule has 0 fully saturated rings. The third-order valence-electron chi connectivity index (χ3n) is 2.13. The molecule has 0 aromatic heterocycles. The van der Waals surface area contributed by atoms with Crippen molar-refractivity contribution in [2.45, 2.75) is 51.4 Å². The topological polar surface area (TPSA) is 0 Å². The molecular formula is C11H14F6. The molecule has 0 N–H and O–H groups in total. The predicted octanol–water partition coefficient (Wildman–Crippen LogP) is 4.70. The van der Waals surface area contributed by atoms with Gasteiger partial charge in [0.05, 0.1) is 0 Å². The molecule has 0 spiro atoms. The summed E-state index contributed by atoms with van der Waals surface area (Å²) in [5.74, 6) is 0.973. The molecule has 0 atom stereocenters. The lowest BCUT2D eigenvalue weighted by Crippen LogP contribution is -2.36. The molecule has 0 aromatic carbocycles. The van der Waals surface area contributed by atoms with E-state index < -0.39 is 24.7 Å². The second kappa shape index (κ2) is 6.77. The summed E-state index contributed by atoms with van der Waals surface area (Å²) < 4.78 is 72.3. The summed E-state index contributed by atoms with van der Waals surface area (Å²) in [4.78, 5) is 0. The van der Waals surface area contributed by atoms with E-state index in [0.29, 0.717) is 12.8 Å². The molecule has 100 valence electrons. The van der Waals surface area contributed by atoms with Crippen LogP contribution < -0.4 is 0 Å². The Morgan fingerprint density at radius 3 is 1.82 bits per heavy atom. The molecule has 0 amide bonds. The average Bonchev–Trinajstić information content (AvgIpc) is 2.12. The van der Waals surface area contributed by atoms with E-state index in [0.717, 1.165) is 12.8 Å². The maximum Gasteiger partial charge on any atom is 0.401 e. The minimum absolute atomic E-state index is 0.344. The minimum Gasteiger partial charge on any atom is -0.170 e. The average molecular weight is 260 g/mol. The zero-order chi connectivity index (χ0) is 13.5. The van der Waals surface area contributed by atoms with Crippen molar-refractivity contribution in [3.05, 3.63) is 0 Å². The second-order valence-electron chi connectivity index (χ2n) is 3.65. The van der Waals surface area contributed by atoms with Gasteiger partial charge in [0.15, 0.2) is 5.92 Å². The van der Waals surface area contributed by atoms with Crippen molar-refractivity contribution in [2.24, 2.45) is 5.92 Å². The maximum absolute atomic E-state index is 12.1. The van der Waals surface area contributed by atoms with E-state index in [1.807, 2.05) is 12.8 Å². The van der Waals surface area contributed by atoms with Crippen molar-refractivity contribution < 1.29 is 26.3 Å². The van der Waals surface area contributed by atoms with Crippen LogP contribution in [0.15, 0.2) is 0 Å². The van der Waals surface area contributed by atoms with Crippen molar-refractivity contribution >= 4 is 0 Å². The highest BCUT2D eigenvalue weighted by Crippen LogP contribution is 2.40. The Morgan fingerprint density at radius 2 is 1.41 bits per heavy atom. The Balaban J connectivity index is 4.29. The molecule has 0 nitrogen and oxygen atoms in total. The number of hydrogen-bond acceptors (Lipinski definition) is 0. The molecule has 0 aromatic rings. The molecule has 6 heteroatoms. The largest absolute Gasteiger partial charge is 0.401 e. The van der Waals surface area contributed by atoms with E-state index in [2.05, 4.69) is 5.92 Å². The van der Waals surface area contributed by atoms with Crippen LogP contribution in [0, 0.1) is 17.8 Å². The van der Waals surface area contributed by atoms with Gasteiger partial charge in [0, 0.05) is 12.8 Å². The summed E-state index contributed by atoms with van der Waals surface area (Å²) in [6.45, 7) is 1.94. The van der Waals surface area contributed by atoms with Crippen molar-refractivity contribution in [1.29, 1.82) is 0 Å². The highest BCUT2D eigenvalue weighted by molar-refractivity contribution is 5.01. The van der Waals surface area contributed by atoms with Gasteiger partial charge in [-0.2, -0.15) is 26.3 Å². The number of alkyl halides is 6. The monoisotopic (exact) mass is 260 g/mol. The Labute approximate surface area is 96.4 Å². The van der Waals surface area contributed by atoms with Crippen LogP contribution in [0.5, 0.6) is 0 Å². The molecule has 0 saturated heterocycles. The molecule has 0 bridgehead atoms. The second-order valence-corrected chi connectivity index (χ2v) is 3.65. The lowest BCUT2D eigenvalue weighted by atomic mass is 10.0. The first kappa shape index (κ1) is 16.1. The van der Waals surface area contributed by atoms with Crippen molar-refractivity contribution in [2.75, 3.05) is 0 Å². The first-order chi connectivity index (χ1) is 7.69. The Hall–Kier alpha value is -0.860. The minimum atomic E-state index is -5.28. The molecule has 17 heavy (non-hydrogen) atoms. The van der Waals surface area contributed by atoms with Gasteiger partial charge in [-0.1, -0.05) is 19.8 Å². The maximum atomic E-state index is 12.1. The van der Waals surface area contributed by atoms with Gasteiger partial charge in [0.1, 0.15) is 0 Å². The van der Waals surface area contributed by atoms with Crippen LogP contribution >= 0.6 is 0 Å². The number of unbranched alkanes of at least 4 members (excludes halogenated alkanes) is 3. The molecule has 0 heterocycles. The molecule has 0 unspecified atom stereocenters.